The third kappa shape index (κ3) is 4.11. The van der Waals surface area contributed by atoms with Crippen molar-refractivity contribution in [3.05, 3.63) is 24.3 Å². The number of hydrogen-bond acceptors (Lipinski definition) is 4. The zero-order valence-corrected chi connectivity index (χ0v) is 12.7. The van der Waals surface area contributed by atoms with Crippen molar-refractivity contribution in [3.63, 3.8) is 0 Å². The van der Waals surface area contributed by atoms with Crippen molar-refractivity contribution >= 4 is 5.69 Å². The molecule has 2 heterocycles. The quantitative estimate of drug-likeness (QED) is 0.903. The SMILES string of the molecule is c1ccc(N2CCCNCC2)c(OCCC2CCCO2)c1. The molecule has 4 nitrogen and oxygen atoms in total. The lowest BCUT2D eigenvalue weighted by Crippen LogP contribution is -2.28. The van der Waals surface area contributed by atoms with Gasteiger partial charge >= 0.3 is 0 Å². The van der Waals surface area contributed by atoms with E-state index in [-0.39, 0.29) is 0 Å². The van der Waals surface area contributed by atoms with Gasteiger partial charge in [-0.2, -0.15) is 0 Å². The molecule has 3 rings (SSSR count). The highest BCUT2D eigenvalue weighted by Crippen LogP contribution is 2.29. The van der Waals surface area contributed by atoms with Crippen molar-refractivity contribution in [3.8, 4) is 5.75 Å². The van der Waals surface area contributed by atoms with E-state index in [1.165, 1.54) is 24.9 Å². The molecule has 0 spiro atoms. The monoisotopic (exact) mass is 290 g/mol. The number of nitrogens with zero attached hydrogens (tertiary/aromatic N) is 1. The fraction of sp³-hybridized carbons (Fsp3) is 0.647. The van der Waals surface area contributed by atoms with E-state index >= 15 is 0 Å². The van der Waals surface area contributed by atoms with Crippen molar-refractivity contribution in [2.75, 3.05) is 44.3 Å². The molecule has 1 atom stereocenters. The second-order valence-electron chi connectivity index (χ2n) is 5.83. The van der Waals surface area contributed by atoms with Crippen LogP contribution in [0.1, 0.15) is 25.7 Å². The summed E-state index contributed by atoms with van der Waals surface area (Å²) in [6.07, 6.45) is 4.96. The molecule has 0 saturated carbocycles. The van der Waals surface area contributed by atoms with E-state index in [1.54, 1.807) is 0 Å². The maximum atomic E-state index is 6.05. The van der Waals surface area contributed by atoms with Gasteiger partial charge in [0.2, 0.25) is 0 Å². The minimum atomic E-state index is 0.402. The lowest BCUT2D eigenvalue weighted by molar-refractivity contribution is 0.0904. The molecule has 0 aromatic heterocycles. The molecular weight excluding hydrogens is 264 g/mol. The Kier molecular flexibility index (Phi) is 5.35. The molecule has 0 radical (unpaired) electrons. The molecule has 2 fully saturated rings. The van der Waals surface area contributed by atoms with Crippen molar-refractivity contribution in [2.24, 2.45) is 0 Å². The average molecular weight is 290 g/mol. The second kappa shape index (κ2) is 7.66. The summed E-state index contributed by atoms with van der Waals surface area (Å²) in [6, 6.07) is 8.41. The standard InChI is InChI=1S/C17H26N2O2/c1-2-7-17(21-14-8-15-5-3-13-20-15)16(6-1)19-11-4-9-18-10-12-19/h1-2,6-7,15,18H,3-5,8-14H2. The van der Waals surface area contributed by atoms with Crippen LogP contribution in [0, 0.1) is 0 Å². The van der Waals surface area contributed by atoms with E-state index in [1.807, 2.05) is 0 Å². The van der Waals surface area contributed by atoms with Gasteiger partial charge in [0.15, 0.2) is 0 Å². The highest BCUT2D eigenvalue weighted by molar-refractivity contribution is 5.58. The van der Waals surface area contributed by atoms with E-state index in [4.69, 9.17) is 9.47 Å². The summed E-state index contributed by atoms with van der Waals surface area (Å²) in [7, 11) is 0. The number of anilines is 1. The van der Waals surface area contributed by atoms with Gasteiger partial charge < -0.3 is 19.7 Å². The van der Waals surface area contributed by atoms with Gasteiger partial charge in [0.25, 0.3) is 0 Å². The Balaban J connectivity index is 1.58. The Morgan fingerprint density at radius 3 is 3.05 bits per heavy atom. The first-order valence-electron chi connectivity index (χ1n) is 8.22. The van der Waals surface area contributed by atoms with Gasteiger partial charge in [0.05, 0.1) is 18.4 Å². The number of hydrogen-bond donors (Lipinski definition) is 1. The van der Waals surface area contributed by atoms with Crippen molar-refractivity contribution < 1.29 is 9.47 Å². The van der Waals surface area contributed by atoms with Gasteiger partial charge in [0.1, 0.15) is 5.75 Å². The van der Waals surface area contributed by atoms with Crippen LogP contribution in [0.5, 0.6) is 5.75 Å². The predicted molar refractivity (Wildman–Crippen MR) is 85.2 cm³/mol. The van der Waals surface area contributed by atoms with Crippen LogP contribution in [0.3, 0.4) is 0 Å². The van der Waals surface area contributed by atoms with E-state index < -0.39 is 0 Å². The maximum Gasteiger partial charge on any atom is 0.142 e. The van der Waals surface area contributed by atoms with Crippen LogP contribution < -0.4 is 15.0 Å². The average Bonchev–Trinajstić information content (AvgIpc) is 2.88. The Bertz CT molecular complexity index is 425. The van der Waals surface area contributed by atoms with Crippen LogP contribution in [0.25, 0.3) is 0 Å². The fourth-order valence-electron chi connectivity index (χ4n) is 3.10. The smallest absolute Gasteiger partial charge is 0.142 e. The Morgan fingerprint density at radius 1 is 1.19 bits per heavy atom. The van der Waals surface area contributed by atoms with E-state index in [2.05, 4.69) is 34.5 Å². The van der Waals surface area contributed by atoms with Gasteiger partial charge in [0, 0.05) is 32.7 Å². The summed E-state index contributed by atoms with van der Waals surface area (Å²) < 4.78 is 11.7. The lowest BCUT2D eigenvalue weighted by Gasteiger charge is -2.25. The number of ether oxygens (including phenoxy) is 2. The van der Waals surface area contributed by atoms with Gasteiger partial charge in [-0.3, -0.25) is 0 Å². The number of para-hydroxylation sites is 2. The summed E-state index contributed by atoms with van der Waals surface area (Å²) in [5.74, 6) is 1.01. The first kappa shape index (κ1) is 14.7. The first-order chi connectivity index (χ1) is 10.4. The summed E-state index contributed by atoms with van der Waals surface area (Å²) in [4.78, 5) is 2.43. The summed E-state index contributed by atoms with van der Waals surface area (Å²) >= 11 is 0. The predicted octanol–water partition coefficient (Wildman–Crippen LogP) is 2.43. The van der Waals surface area contributed by atoms with Crippen LogP contribution in [-0.4, -0.2) is 45.5 Å². The molecule has 1 aromatic carbocycles. The second-order valence-corrected chi connectivity index (χ2v) is 5.83. The van der Waals surface area contributed by atoms with Crippen molar-refractivity contribution in [1.29, 1.82) is 0 Å². The molecule has 1 unspecified atom stereocenters. The third-order valence-corrected chi connectivity index (χ3v) is 4.27. The highest BCUT2D eigenvalue weighted by Gasteiger charge is 2.17. The van der Waals surface area contributed by atoms with Crippen LogP contribution in [0.2, 0.25) is 0 Å². The normalized spacial score (nSPS) is 23.0. The van der Waals surface area contributed by atoms with Gasteiger partial charge in [-0.25, -0.2) is 0 Å². The maximum absolute atomic E-state index is 6.05. The summed E-state index contributed by atoms with van der Waals surface area (Å²) in [6.45, 7) is 5.96. The van der Waals surface area contributed by atoms with E-state index in [0.717, 1.165) is 51.6 Å². The largest absolute Gasteiger partial charge is 0.491 e. The zero-order chi connectivity index (χ0) is 14.3. The van der Waals surface area contributed by atoms with Gasteiger partial charge in [-0.05, 0) is 37.9 Å². The fourth-order valence-corrected chi connectivity index (χ4v) is 3.10. The number of rotatable bonds is 5. The number of benzene rings is 1. The molecule has 1 N–H and O–H groups in total. The van der Waals surface area contributed by atoms with Crippen molar-refractivity contribution in [2.45, 2.75) is 31.8 Å². The molecule has 4 heteroatoms. The Morgan fingerprint density at radius 2 is 2.14 bits per heavy atom. The van der Waals surface area contributed by atoms with Gasteiger partial charge in [-0.1, -0.05) is 12.1 Å². The van der Waals surface area contributed by atoms with E-state index in [9.17, 15) is 0 Å². The molecule has 2 aliphatic heterocycles. The highest BCUT2D eigenvalue weighted by atomic mass is 16.5. The first-order valence-corrected chi connectivity index (χ1v) is 8.22. The van der Waals surface area contributed by atoms with Crippen LogP contribution in [-0.2, 0) is 4.74 Å². The summed E-state index contributed by atoms with van der Waals surface area (Å²) in [5, 5.41) is 3.45. The molecule has 2 aliphatic rings. The molecule has 2 saturated heterocycles. The Labute approximate surface area is 127 Å². The molecule has 1 aromatic rings. The van der Waals surface area contributed by atoms with Crippen LogP contribution in [0.4, 0.5) is 5.69 Å². The van der Waals surface area contributed by atoms with Crippen LogP contribution >= 0.6 is 0 Å². The molecule has 0 amide bonds. The molecule has 0 aliphatic carbocycles. The van der Waals surface area contributed by atoms with Crippen LogP contribution in [0.15, 0.2) is 24.3 Å². The minimum absolute atomic E-state index is 0.402. The lowest BCUT2D eigenvalue weighted by atomic mass is 10.2. The topological polar surface area (TPSA) is 33.7 Å². The zero-order valence-electron chi connectivity index (χ0n) is 12.7. The molecule has 21 heavy (non-hydrogen) atoms. The number of nitrogens with one attached hydrogen (secondary N) is 1. The minimum Gasteiger partial charge on any atom is -0.491 e. The molecular formula is C17H26N2O2. The Hall–Kier alpha value is -1.26. The van der Waals surface area contributed by atoms with Gasteiger partial charge in [-0.15, -0.1) is 0 Å². The van der Waals surface area contributed by atoms with E-state index in [0.29, 0.717) is 6.10 Å². The summed E-state index contributed by atoms with van der Waals surface area (Å²) in [5.41, 5.74) is 1.23. The molecule has 116 valence electrons. The third-order valence-electron chi connectivity index (χ3n) is 4.27. The van der Waals surface area contributed by atoms with Crippen molar-refractivity contribution in [1.82, 2.24) is 5.32 Å². The molecule has 0 bridgehead atoms.